The van der Waals surface area contributed by atoms with E-state index in [4.69, 9.17) is 6.42 Å². The standard InChI is InChI=1S/C14H8S2/c1-2-10-11-6-3-4-7-12(11)16-14(10)13-8-5-9-15-13/h1,3-9H. The highest BCUT2D eigenvalue weighted by Crippen LogP contribution is 2.39. The van der Waals surface area contributed by atoms with E-state index in [1.54, 1.807) is 22.7 Å². The highest BCUT2D eigenvalue weighted by molar-refractivity contribution is 7.26. The van der Waals surface area contributed by atoms with Crippen molar-refractivity contribution >= 4 is 32.8 Å². The molecule has 0 nitrogen and oxygen atoms in total. The van der Waals surface area contributed by atoms with Crippen LogP contribution >= 0.6 is 22.7 Å². The monoisotopic (exact) mass is 240 g/mol. The van der Waals surface area contributed by atoms with Gasteiger partial charge in [0.25, 0.3) is 0 Å². The molecular formula is C14H8S2. The number of terminal acetylenes is 1. The molecule has 0 spiro atoms. The molecule has 3 aromatic rings. The van der Waals surface area contributed by atoms with Crippen molar-refractivity contribution in [2.45, 2.75) is 0 Å². The minimum atomic E-state index is 1.03. The lowest BCUT2D eigenvalue weighted by Gasteiger charge is -1.93. The molecule has 0 unspecified atom stereocenters. The molecule has 0 aliphatic rings. The predicted octanol–water partition coefficient (Wildman–Crippen LogP) is 4.61. The fourth-order valence-electron chi connectivity index (χ4n) is 1.77. The minimum Gasteiger partial charge on any atom is -0.143 e. The van der Waals surface area contributed by atoms with Crippen LogP contribution in [0.5, 0.6) is 0 Å². The molecule has 0 atom stereocenters. The lowest BCUT2D eigenvalue weighted by atomic mass is 10.1. The van der Waals surface area contributed by atoms with Gasteiger partial charge in [-0.2, -0.15) is 0 Å². The fourth-order valence-corrected chi connectivity index (χ4v) is 3.80. The SMILES string of the molecule is C#Cc1c(-c2cccs2)sc2ccccc12. The molecule has 0 N–H and O–H groups in total. The molecule has 0 saturated heterocycles. The van der Waals surface area contributed by atoms with Crippen LogP contribution in [0.2, 0.25) is 0 Å². The second-order valence-corrected chi connectivity index (χ2v) is 5.42. The van der Waals surface area contributed by atoms with E-state index in [9.17, 15) is 0 Å². The summed E-state index contributed by atoms with van der Waals surface area (Å²) in [5.74, 6) is 2.82. The number of hydrogen-bond donors (Lipinski definition) is 0. The maximum atomic E-state index is 5.63. The second-order valence-electron chi connectivity index (χ2n) is 3.42. The quantitative estimate of drug-likeness (QED) is 0.545. The van der Waals surface area contributed by atoms with E-state index in [1.165, 1.54) is 19.8 Å². The van der Waals surface area contributed by atoms with Crippen molar-refractivity contribution in [3.8, 4) is 22.1 Å². The molecule has 1 aromatic carbocycles. The van der Waals surface area contributed by atoms with Gasteiger partial charge in [-0.3, -0.25) is 0 Å². The summed E-state index contributed by atoms with van der Waals surface area (Å²) in [5, 5.41) is 3.28. The Kier molecular flexibility index (Phi) is 2.28. The first-order valence-electron chi connectivity index (χ1n) is 4.92. The summed E-state index contributed by atoms with van der Waals surface area (Å²) in [7, 11) is 0. The van der Waals surface area contributed by atoms with Gasteiger partial charge in [0.2, 0.25) is 0 Å². The summed E-state index contributed by atoms with van der Waals surface area (Å²) >= 11 is 3.51. The van der Waals surface area contributed by atoms with Crippen molar-refractivity contribution in [1.29, 1.82) is 0 Å². The van der Waals surface area contributed by atoms with Crippen LogP contribution < -0.4 is 0 Å². The zero-order valence-electron chi connectivity index (χ0n) is 8.44. The van der Waals surface area contributed by atoms with Crippen LogP contribution in [0.4, 0.5) is 0 Å². The molecule has 76 valence electrons. The van der Waals surface area contributed by atoms with Crippen LogP contribution in [0.15, 0.2) is 41.8 Å². The van der Waals surface area contributed by atoms with Crippen LogP contribution in [-0.4, -0.2) is 0 Å². The molecule has 0 bridgehead atoms. The van der Waals surface area contributed by atoms with Crippen molar-refractivity contribution < 1.29 is 0 Å². The summed E-state index contributed by atoms with van der Waals surface area (Å²) in [6.07, 6.45) is 5.63. The first-order chi connectivity index (χ1) is 7.90. The van der Waals surface area contributed by atoms with Crippen LogP contribution in [0, 0.1) is 12.3 Å². The number of benzene rings is 1. The number of thiophene rings is 2. The average molecular weight is 240 g/mol. The fraction of sp³-hybridized carbons (Fsp3) is 0. The van der Waals surface area contributed by atoms with Gasteiger partial charge < -0.3 is 0 Å². The topological polar surface area (TPSA) is 0 Å². The molecule has 16 heavy (non-hydrogen) atoms. The van der Waals surface area contributed by atoms with Gasteiger partial charge in [-0.25, -0.2) is 0 Å². The number of hydrogen-bond acceptors (Lipinski definition) is 2. The molecule has 0 aliphatic heterocycles. The van der Waals surface area contributed by atoms with Gasteiger partial charge in [-0.15, -0.1) is 29.1 Å². The van der Waals surface area contributed by atoms with E-state index in [2.05, 4.69) is 41.6 Å². The molecule has 0 saturated carbocycles. The summed E-state index contributed by atoms with van der Waals surface area (Å²) < 4.78 is 1.26. The zero-order chi connectivity index (χ0) is 11.0. The van der Waals surface area contributed by atoms with E-state index >= 15 is 0 Å². The molecule has 3 rings (SSSR count). The van der Waals surface area contributed by atoms with E-state index < -0.39 is 0 Å². The predicted molar refractivity (Wildman–Crippen MR) is 73.1 cm³/mol. The Morgan fingerprint density at radius 1 is 1.06 bits per heavy atom. The van der Waals surface area contributed by atoms with Crippen molar-refractivity contribution in [2.24, 2.45) is 0 Å². The highest BCUT2D eigenvalue weighted by atomic mass is 32.1. The number of fused-ring (bicyclic) bond motifs is 1. The van der Waals surface area contributed by atoms with Gasteiger partial charge in [0.05, 0.1) is 10.4 Å². The van der Waals surface area contributed by atoms with Gasteiger partial charge in [-0.1, -0.05) is 30.2 Å². The Labute approximate surface area is 102 Å². The van der Waals surface area contributed by atoms with Crippen LogP contribution in [0.25, 0.3) is 19.8 Å². The van der Waals surface area contributed by atoms with Gasteiger partial charge in [-0.05, 0) is 17.5 Å². The molecule has 2 heterocycles. The summed E-state index contributed by atoms with van der Waals surface area (Å²) in [6.45, 7) is 0. The molecule has 2 aromatic heterocycles. The third-order valence-corrected chi connectivity index (χ3v) is 4.71. The summed E-state index contributed by atoms with van der Waals surface area (Å²) in [4.78, 5) is 2.48. The Morgan fingerprint density at radius 2 is 1.94 bits per heavy atom. The first-order valence-corrected chi connectivity index (χ1v) is 6.62. The Balaban J connectivity index is 2.38. The van der Waals surface area contributed by atoms with Crippen molar-refractivity contribution in [3.63, 3.8) is 0 Å². The molecule has 0 fully saturated rings. The van der Waals surface area contributed by atoms with Gasteiger partial charge >= 0.3 is 0 Å². The van der Waals surface area contributed by atoms with Crippen molar-refractivity contribution in [3.05, 3.63) is 47.3 Å². The number of rotatable bonds is 1. The van der Waals surface area contributed by atoms with Crippen LogP contribution in [0.1, 0.15) is 5.56 Å². The lowest BCUT2D eigenvalue weighted by Crippen LogP contribution is -1.73. The Bertz CT molecular complexity index is 666. The molecule has 0 radical (unpaired) electrons. The summed E-state index contributed by atoms with van der Waals surface area (Å²) in [6, 6.07) is 12.5. The van der Waals surface area contributed by atoms with Crippen molar-refractivity contribution in [1.82, 2.24) is 0 Å². The maximum absolute atomic E-state index is 5.63. The first kappa shape index (κ1) is 9.65. The lowest BCUT2D eigenvalue weighted by molar-refractivity contribution is 1.82. The minimum absolute atomic E-state index is 1.03. The van der Waals surface area contributed by atoms with Gasteiger partial charge in [0, 0.05) is 15.0 Å². The van der Waals surface area contributed by atoms with Gasteiger partial charge in [0.1, 0.15) is 0 Å². The zero-order valence-corrected chi connectivity index (χ0v) is 10.1. The van der Waals surface area contributed by atoms with E-state index in [-0.39, 0.29) is 0 Å². The molecule has 0 aliphatic carbocycles. The molecule has 0 amide bonds. The Hall–Kier alpha value is -1.56. The normalized spacial score (nSPS) is 10.4. The second kappa shape index (κ2) is 3.79. The van der Waals surface area contributed by atoms with E-state index in [0.717, 1.165) is 5.56 Å². The highest BCUT2D eigenvalue weighted by Gasteiger charge is 2.11. The maximum Gasteiger partial charge on any atom is 0.0611 e. The third kappa shape index (κ3) is 1.37. The van der Waals surface area contributed by atoms with Crippen LogP contribution in [0.3, 0.4) is 0 Å². The van der Waals surface area contributed by atoms with Crippen molar-refractivity contribution in [2.75, 3.05) is 0 Å². The largest absolute Gasteiger partial charge is 0.143 e. The smallest absolute Gasteiger partial charge is 0.0611 e. The third-order valence-electron chi connectivity index (χ3n) is 2.48. The Morgan fingerprint density at radius 3 is 2.69 bits per heavy atom. The van der Waals surface area contributed by atoms with E-state index in [1.807, 2.05) is 6.07 Å². The summed E-state index contributed by atoms with van der Waals surface area (Å²) in [5.41, 5.74) is 1.03. The van der Waals surface area contributed by atoms with Gasteiger partial charge in [0.15, 0.2) is 0 Å². The average Bonchev–Trinajstić information content (AvgIpc) is 2.95. The van der Waals surface area contributed by atoms with Crippen LogP contribution in [-0.2, 0) is 0 Å². The van der Waals surface area contributed by atoms with E-state index in [0.29, 0.717) is 0 Å². The molecular weight excluding hydrogens is 232 g/mol. The molecule has 2 heteroatoms.